The van der Waals surface area contributed by atoms with E-state index in [1.54, 1.807) is 55.6 Å². The molecule has 0 saturated heterocycles. The van der Waals surface area contributed by atoms with E-state index < -0.39 is 10.0 Å². The minimum absolute atomic E-state index is 0.215. The minimum Gasteiger partial charge on any atom is -0.267 e. The van der Waals surface area contributed by atoms with Gasteiger partial charge in [-0.15, -0.1) is 0 Å². The Morgan fingerprint density at radius 1 is 1.06 bits per heavy atom. The van der Waals surface area contributed by atoms with Gasteiger partial charge in [0.25, 0.3) is 5.91 Å². The number of rotatable bonds is 10. The molecule has 1 amide bonds. The normalized spacial score (nSPS) is 15.2. The summed E-state index contributed by atoms with van der Waals surface area (Å²) in [6.07, 6.45) is 8.59. The lowest BCUT2D eigenvalue weighted by Crippen LogP contribution is -2.26. The van der Waals surface area contributed by atoms with Gasteiger partial charge in [-0.05, 0) is 68.0 Å². The second-order valence-electron chi connectivity index (χ2n) is 8.50. The fourth-order valence-electron chi connectivity index (χ4n) is 3.78. The lowest BCUT2D eigenvalue weighted by molar-refractivity contribution is 0.0954. The van der Waals surface area contributed by atoms with Crippen LogP contribution in [-0.2, 0) is 16.6 Å². The number of hydrazone groups is 1. The zero-order chi connectivity index (χ0) is 23.8. The van der Waals surface area contributed by atoms with Crippen LogP contribution in [0.15, 0.2) is 70.2 Å². The number of nitrogens with zero attached hydrogens (tertiary/aromatic N) is 2. The monoisotopic (exact) mass is 467 g/mol. The first-order chi connectivity index (χ1) is 15.8. The number of hydrogen-bond acceptors (Lipinski definition) is 4. The van der Waals surface area contributed by atoms with E-state index in [0.29, 0.717) is 5.56 Å². The Hall–Kier alpha value is -2.77. The first-order valence-electron chi connectivity index (χ1n) is 11.5. The predicted octanol–water partition coefficient (Wildman–Crippen LogP) is 5.20. The summed E-state index contributed by atoms with van der Waals surface area (Å²) >= 11 is 0. The molecule has 0 fully saturated rings. The minimum atomic E-state index is -3.58. The number of nitrogens with one attached hydrogen (secondary N) is 1. The van der Waals surface area contributed by atoms with E-state index in [4.69, 9.17) is 0 Å². The average Bonchev–Trinajstić information content (AvgIpc) is 3.25. The van der Waals surface area contributed by atoms with Gasteiger partial charge < -0.3 is 0 Å². The third-order valence-electron chi connectivity index (χ3n) is 5.84. The Labute approximate surface area is 197 Å². The number of hydrogen-bond donors (Lipinski definition) is 1. The molecule has 2 aromatic rings. The van der Waals surface area contributed by atoms with E-state index in [-0.39, 0.29) is 17.3 Å². The van der Waals surface area contributed by atoms with Crippen molar-refractivity contribution >= 4 is 21.6 Å². The molecular formula is C26H33N3O3S. The molecule has 0 aliphatic heterocycles. The van der Waals surface area contributed by atoms with E-state index in [1.807, 2.05) is 6.92 Å². The van der Waals surface area contributed by atoms with Crippen LogP contribution in [0.25, 0.3) is 0 Å². The van der Waals surface area contributed by atoms with E-state index in [1.165, 1.54) is 22.7 Å². The van der Waals surface area contributed by atoms with Gasteiger partial charge in [-0.3, -0.25) is 4.79 Å². The van der Waals surface area contributed by atoms with Gasteiger partial charge in [-0.25, -0.2) is 13.8 Å². The highest BCUT2D eigenvalue weighted by molar-refractivity contribution is 7.89. The van der Waals surface area contributed by atoms with Gasteiger partial charge in [0.2, 0.25) is 10.0 Å². The van der Waals surface area contributed by atoms with Crippen molar-refractivity contribution in [3.8, 4) is 0 Å². The van der Waals surface area contributed by atoms with Gasteiger partial charge in [0, 0.05) is 19.2 Å². The largest absolute Gasteiger partial charge is 0.271 e. The van der Waals surface area contributed by atoms with E-state index in [9.17, 15) is 13.2 Å². The van der Waals surface area contributed by atoms with Gasteiger partial charge in [0.05, 0.1) is 10.6 Å². The second kappa shape index (κ2) is 11.4. The molecule has 7 heteroatoms. The number of benzene rings is 2. The van der Waals surface area contributed by atoms with Crippen molar-refractivity contribution in [2.24, 2.45) is 5.10 Å². The van der Waals surface area contributed by atoms with Gasteiger partial charge in [0.1, 0.15) is 0 Å². The molecular weight excluding hydrogens is 434 g/mol. The Kier molecular flexibility index (Phi) is 8.58. The maximum atomic E-state index is 12.8. The van der Waals surface area contributed by atoms with E-state index in [0.717, 1.165) is 42.5 Å². The molecule has 0 spiro atoms. The van der Waals surface area contributed by atoms with Crippen LogP contribution in [0.3, 0.4) is 0 Å². The first-order valence-corrected chi connectivity index (χ1v) is 12.9. The Morgan fingerprint density at radius 2 is 1.76 bits per heavy atom. The van der Waals surface area contributed by atoms with Crippen LogP contribution in [-0.4, -0.2) is 31.4 Å². The number of carbonyl (C=O) groups excluding carboxylic acids is 1. The van der Waals surface area contributed by atoms with Crippen LogP contribution < -0.4 is 5.43 Å². The number of carbonyl (C=O) groups is 1. The van der Waals surface area contributed by atoms with Gasteiger partial charge in [0.15, 0.2) is 0 Å². The van der Waals surface area contributed by atoms with Crippen LogP contribution >= 0.6 is 0 Å². The molecule has 1 aliphatic carbocycles. The Bertz CT molecular complexity index is 1120. The smallest absolute Gasteiger partial charge is 0.267 e. The molecule has 176 valence electrons. The summed E-state index contributed by atoms with van der Waals surface area (Å²) < 4.78 is 26.9. The van der Waals surface area contributed by atoms with Crippen molar-refractivity contribution in [1.82, 2.24) is 9.73 Å². The van der Waals surface area contributed by atoms with Crippen LogP contribution in [0.1, 0.15) is 66.9 Å². The van der Waals surface area contributed by atoms with Crippen molar-refractivity contribution in [2.75, 3.05) is 7.05 Å². The Balaban J connectivity index is 1.59. The summed E-state index contributed by atoms with van der Waals surface area (Å²) in [5, 5.41) is 4.36. The lowest BCUT2D eigenvalue weighted by atomic mass is 10.1. The molecule has 3 rings (SSSR count). The van der Waals surface area contributed by atoms with E-state index in [2.05, 4.69) is 23.5 Å². The topological polar surface area (TPSA) is 78.8 Å². The fraction of sp³-hybridized carbons (Fsp3) is 0.385. The second-order valence-corrected chi connectivity index (χ2v) is 10.5. The molecule has 0 atom stereocenters. The third kappa shape index (κ3) is 6.62. The molecule has 1 N–H and O–H groups in total. The van der Waals surface area contributed by atoms with Crippen LogP contribution in [0.2, 0.25) is 0 Å². The maximum Gasteiger partial charge on any atom is 0.271 e. The molecule has 6 nitrogen and oxygen atoms in total. The van der Waals surface area contributed by atoms with Crippen molar-refractivity contribution in [3.05, 3.63) is 76.9 Å². The maximum absolute atomic E-state index is 12.8. The average molecular weight is 468 g/mol. The molecule has 1 aliphatic rings. The van der Waals surface area contributed by atoms with Crippen LogP contribution in [0.4, 0.5) is 0 Å². The quantitative estimate of drug-likeness (QED) is 0.385. The highest BCUT2D eigenvalue weighted by atomic mass is 32.2. The number of amides is 1. The SMILES string of the molecule is CCCCCC1=CCCC1=NNC(=O)c1ccc(CN(C)S(=O)(=O)c2ccc(C)cc2)cc1. The standard InChI is InChI=1S/C26H33N3O3S/c1-4-5-6-8-22-9-7-10-25(22)27-28-26(30)23-15-13-21(14-16-23)19-29(3)33(31,32)24-17-11-20(2)12-18-24/h9,11-18H,4-8,10,19H2,1-3H3,(H,28,30). The van der Waals surface area contributed by atoms with Crippen LogP contribution in [0, 0.1) is 6.92 Å². The highest BCUT2D eigenvalue weighted by Crippen LogP contribution is 2.21. The summed E-state index contributed by atoms with van der Waals surface area (Å²) in [7, 11) is -2.03. The molecule has 0 radical (unpaired) electrons. The molecule has 33 heavy (non-hydrogen) atoms. The predicted molar refractivity (Wildman–Crippen MR) is 133 cm³/mol. The number of allylic oxidation sites excluding steroid dienone is 2. The van der Waals surface area contributed by atoms with Gasteiger partial charge in [-0.1, -0.05) is 55.7 Å². The summed E-state index contributed by atoms with van der Waals surface area (Å²) in [5.74, 6) is -0.269. The van der Waals surface area contributed by atoms with Crippen LogP contribution in [0.5, 0.6) is 0 Å². The summed E-state index contributed by atoms with van der Waals surface area (Å²) in [5.41, 5.74) is 7.19. The molecule has 0 bridgehead atoms. The lowest BCUT2D eigenvalue weighted by Gasteiger charge is -2.17. The van der Waals surface area contributed by atoms with Gasteiger partial charge >= 0.3 is 0 Å². The number of sulfonamides is 1. The van der Waals surface area contributed by atoms with Crippen molar-refractivity contribution in [3.63, 3.8) is 0 Å². The zero-order valence-corrected chi connectivity index (χ0v) is 20.5. The molecule has 0 saturated carbocycles. The summed E-state index contributed by atoms with van der Waals surface area (Å²) in [6.45, 7) is 4.32. The third-order valence-corrected chi connectivity index (χ3v) is 7.65. The molecule has 0 heterocycles. The van der Waals surface area contributed by atoms with Crippen molar-refractivity contribution in [2.45, 2.75) is 63.8 Å². The zero-order valence-electron chi connectivity index (χ0n) is 19.7. The fourth-order valence-corrected chi connectivity index (χ4v) is 4.94. The van der Waals surface area contributed by atoms with E-state index >= 15 is 0 Å². The number of unbranched alkanes of at least 4 members (excludes halogenated alkanes) is 2. The van der Waals surface area contributed by atoms with Gasteiger partial charge in [-0.2, -0.15) is 9.41 Å². The Morgan fingerprint density at radius 3 is 2.42 bits per heavy atom. The molecule has 2 aromatic carbocycles. The first kappa shape index (κ1) is 24.9. The van der Waals surface area contributed by atoms with Crippen molar-refractivity contribution in [1.29, 1.82) is 0 Å². The highest BCUT2D eigenvalue weighted by Gasteiger charge is 2.21. The molecule has 0 unspecified atom stereocenters. The van der Waals surface area contributed by atoms with Crippen molar-refractivity contribution < 1.29 is 13.2 Å². The summed E-state index contributed by atoms with van der Waals surface area (Å²) in [6, 6.07) is 13.7. The summed E-state index contributed by atoms with van der Waals surface area (Å²) in [4.78, 5) is 12.8. The molecule has 0 aromatic heterocycles. The number of aryl methyl sites for hydroxylation is 1.